The molecular weight excluding hydrogens is 288 g/mol. The van der Waals surface area contributed by atoms with Crippen molar-refractivity contribution >= 4 is 27.5 Å². The van der Waals surface area contributed by atoms with Gasteiger partial charge in [-0.25, -0.2) is 0 Å². The molecule has 0 saturated carbocycles. The number of alkyl halides is 1. The molecule has 0 aliphatic rings. The third-order valence-electron chi connectivity index (χ3n) is 1.87. The van der Waals surface area contributed by atoms with Crippen molar-refractivity contribution in [3.05, 3.63) is 39.4 Å². The number of benzene rings is 1. The number of hydrogen-bond acceptors (Lipinski definition) is 3. The molecule has 0 heterocycles. The average Bonchev–Trinajstić information content (AvgIpc) is 2.29. The van der Waals surface area contributed by atoms with E-state index in [-0.39, 0.29) is 11.3 Å². The van der Waals surface area contributed by atoms with Gasteiger partial charge < -0.3 is 5.73 Å². The number of carbonyl (C=O) groups is 1. The van der Waals surface area contributed by atoms with Gasteiger partial charge in [-0.05, 0) is 6.07 Å². The molecule has 1 rings (SSSR count). The van der Waals surface area contributed by atoms with Crippen molar-refractivity contribution < 1.29 is 9.72 Å². The normalized spacial score (nSPS) is 9.24. The first kappa shape index (κ1) is 13.2. The molecule has 5 nitrogen and oxygen atoms in total. The Kier molecular flexibility index (Phi) is 4.67. The molecule has 2 N–H and O–H groups in total. The molecular formula is C11H9BrN2O3. The van der Waals surface area contributed by atoms with Gasteiger partial charge in [0, 0.05) is 35.0 Å². The van der Waals surface area contributed by atoms with Crippen LogP contribution >= 0.6 is 15.9 Å². The second kappa shape index (κ2) is 6.01. The van der Waals surface area contributed by atoms with Crippen molar-refractivity contribution in [1.29, 1.82) is 0 Å². The van der Waals surface area contributed by atoms with Crippen molar-refractivity contribution in [2.75, 3.05) is 5.33 Å². The van der Waals surface area contributed by atoms with E-state index in [9.17, 15) is 14.9 Å². The number of nitro benzene ring substituents is 1. The number of nitrogens with zero attached hydrogens (tertiary/aromatic N) is 1. The molecule has 0 fully saturated rings. The van der Waals surface area contributed by atoms with Gasteiger partial charge in [-0.2, -0.15) is 0 Å². The Morgan fingerprint density at radius 1 is 1.47 bits per heavy atom. The highest BCUT2D eigenvalue weighted by Crippen LogP contribution is 2.16. The minimum Gasteiger partial charge on any atom is -0.366 e. The van der Waals surface area contributed by atoms with Crippen molar-refractivity contribution in [2.45, 2.75) is 6.42 Å². The first-order chi connectivity index (χ1) is 8.04. The van der Waals surface area contributed by atoms with Gasteiger partial charge in [0.25, 0.3) is 5.69 Å². The summed E-state index contributed by atoms with van der Waals surface area (Å²) in [6.07, 6.45) is 0.620. The molecule has 6 heteroatoms. The molecule has 1 aromatic carbocycles. The third kappa shape index (κ3) is 3.89. The van der Waals surface area contributed by atoms with Crippen LogP contribution in [-0.4, -0.2) is 16.2 Å². The van der Waals surface area contributed by atoms with Gasteiger partial charge in [-0.3, -0.25) is 14.9 Å². The van der Waals surface area contributed by atoms with Crippen molar-refractivity contribution in [3.63, 3.8) is 0 Å². The Morgan fingerprint density at radius 2 is 2.18 bits per heavy atom. The predicted octanol–water partition coefficient (Wildman–Crippen LogP) is 1.83. The fraction of sp³-hybridized carbons (Fsp3) is 0.182. The summed E-state index contributed by atoms with van der Waals surface area (Å²) in [6.45, 7) is 0. The lowest BCUT2D eigenvalue weighted by Crippen LogP contribution is -2.11. The third-order valence-corrected chi connectivity index (χ3v) is 2.26. The minimum absolute atomic E-state index is 0.0855. The van der Waals surface area contributed by atoms with Gasteiger partial charge in [0.2, 0.25) is 5.91 Å². The maximum Gasteiger partial charge on any atom is 0.271 e. The molecule has 0 unspecified atom stereocenters. The SMILES string of the molecule is NC(=O)c1cc(C#CCCBr)cc([N+](=O)[O-])c1. The quantitative estimate of drug-likeness (QED) is 0.399. The number of halogens is 1. The van der Waals surface area contributed by atoms with Gasteiger partial charge in [0.05, 0.1) is 4.92 Å². The van der Waals surface area contributed by atoms with Crippen molar-refractivity contribution in [2.24, 2.45) is 5.73 Å². The first-order valence-electron chi connectivity index (χ1n) is 4.68. The molecule has 0 radical (unpaired) electrons. The molecule has 0 aliphatic heterocycles. The highest BCUT2D eigenvalue weighted by Gasteiger charge is 2.11. The second-order valence-electron chi connectivity index (χ2n) is 3.13. The molecule has 0 aliphatic carbocycles. The average molecular weight is 297 g/mol. The number of non-ortho nitro benzene ring substituents is 1. The summed E-state index contributed by atoms with van der Waals surface area (Å²) in [5, 5.41) is 11.4. The Labute approximate surface area is 106 Å². The second-order valence-corrected chi connectivity index (χ2v) is 3.92. The first-order valence-corrected chi connectivity index (χ1v) is 5.81. The molecule has 1 amide bonds. The lowest BCUT2D eigenvalue weighted by atomic mass is 10.1. The molecule has 17 heavy (non-hydrogen) atoms. The summed E-state index contributed by atoms with van der Waals surface area (Å²) in [5.74, 6) is 4.85. The van der Waals surface area contributed by atoms with E-state index in [1.807, 2.05) is 0 Å². The Bertz CT molecular complexity index is 485. The number of nitro groups is 1. The number of nitrogens with two attached hydrogens (primary N) is 1. The number of primary amides is 1. The monoisotopic (exact) mass is 296 g/mol. The van der Waals surface area contributed by atoms with Gasteiger partial charge in [-0.1, -0.05) is 27.8 Å². The summed E-state index contributed by atoms with van der Waals surface area (Å²) in [5.41, 5.74) is 5.40. The van der Waals surface area contributed by atoms with Crippen LogP contribution in [0.5, 0.6) is 0 Å². The van der Waals surface area contributed by atoms with E-state index in [1.165, 1.54) is 12.1 Å². The van der Waals surface area contributed by atoms with Gasteiger partial charge in [-0.15, -0.1) is 0 Å². The van der Waals surface area contributed by atoms with Crippen LogP contribution in [0.4, 0.5) is 5.69 Å². The Hall–Kier alpha value is -1.87. The molecule has 1 aromatic rings. The van der Waals surface area contributed by atoms with Crippen LogP contribution in [0.1, 0.15) is 22.3 Å². The number of hydrogen-bond donors (Lipinski definition) is 1. The highest BCUT2D eigenvalue weighted by molar-refractivity contribution is 9.09. The highest BCUT2D eigenvalue weighted by atomic mass is 79.9. The lowest BCUT2D eigenvalue weighted by molar-refractivity contribution is -0.384. The van der Waals surface area contributed by atoms with Gasteiger partial charge in [0.15, 0.2) is 0 Å². The molecule has 0 spiro atoms. The zero-order valence-electron chi connectivity index (χ0n) is 8.77. The van der Waals surface area contributed by atoms with E-state index in [0.717, 1.165) is 11.4 Å². The van der Waals surface area contributed by atoms with Crippen molar-refractivity contribution in [3.8, 4) is 11.8 Å². The Balaban J connectivity index is 3.18. The van der Waals surface area contributed by atoms with E-state index >= 15 is 0 Å². The fourth-order valence-corrected chi connectivity index (χ4v) is 1.34. The standard InChI is InChI=1S/C11H9BrN2O3/c12-4-2-1-3-8-5-9(11(13)15)7-10(6-8)14(16)17/h5-7H,2,4H2,(H2,13,15). The number of carbonyl (C=O) groups excluding carboxylic acids is 1. The van der Waals surface area contributed by atoms with E-state index in [0.29, 0.717) is 12.0 Å². The zero-order chi connectivity index (χ0) is 12.8. The van der Waals surface area contributed by atoms with Crippen LogP contribution in [0, 0.1) is 22.0 Å². The summed E-state index contributed by atoms with van der Waals surface area (Å²) in [6, 6.07) is 3.89. The van der Waals surface area contributed by atoms with E-state index in [2.05, 4.69) is 27.8 Å². The summed E-state index contributed by atoms with van der Waals surface area (Å²) in [7, 11) is 0. The Morgan fingerprint density at radius 3 is 2.71 bits per heavy atom. The maximum absolute atomic E-state index is 11.0. The zero-order valence-corrected chi connectivity index (χ0v) is 10.4. The van der Waals surface area contributed by atoms with Crippen LogP contribution < -0.4 is 5.73 Å². The number of rotatable bonds is 3. The molecule has 0 bridgehead atoms. The minimum atomic E-state index is -0.711. The van der Waals surface area contributed by atoms with E-state index in [4.69, 9.17) is 5.73 Å². The predicted molar refractivity (Wildman–Crippen MR) is 66.9 cm³/mol. The van der Waals surface area contributed by atoms with Crippen LogP contribution in [0.3, 0.4) is 0 Å². The van der Waals surface area contributed by atoms with Crippen LogP contribution in [0.25, 0.3) is 0 Å². The summed E-state index contributed by atoms with van der Waals surface area (Å²) in [4.78, 5) is 21.1. The largest absolute Gasteiger partial charge is 0.366 e. The van der Waals surface area contributed by atoms with Crippen LogP contribution in [0.2, 0.25) is 0 Å². The van der Waals surface area contributed by atoms with E-state index < -0.39 is 10.8 Å². The van der Waals surface area contributed by atoms with Crippen LogP contribution in [-0.2, 0) is 0 Å². The summed E-state index contributed by atoms with van der Waals surface area (Å²) >= 11 is 3.21. The topological polar surface area (TPSA) is 86.2 Å². The molecule has 0 aromatic heterocycles. The van der Waals surface area contributed by atoms with E-state index in [1.54, 1.807) is 0 Å². The van der Waals surface area contributed by atoms with Crippen LogP contribution in [0.15, 0.2) is 18.2 Å². The fourth-order valence-electron chi connectivity index (χ4n) is 1.14. The maximum atomic E-state index is 11.0. The van der Waals surface area contributed by atoms with Gasteiger partial charge >= 0.3 is 0 Å². The summed E-state index contributed by atoms with van der Waals surface area (Å²) < 4.78 is 0. The van der Waals surface area contributed by atoms with Crippen molar-refractivity contribution in [1.82, 2.24) is 0 Å². The molecule has 0 saturated heterocycles. The number of amides is 1. The molecule has 0 atom stereocenters. The lowest BCUT2D eigenvalue weighted by Gasteiger charge is -1.98. The smallest absolute Gasteiger partial charge is 0.271 e. The van der Waals surface area contributed by atoms with Gasteiger partial charge in [0.1, 0.15) is 0 Å². The molecule has 88 valence electrons.